The predicted octanol–water partition coefficient (Wildman–Crippen LogP) is 2.17. The monoisotopic (exact) mass is 312 g/mol. The van der Waals surface area contributed by atoms with E-state index in [0.717, 1.165) is 6.07 Å². The summed E-state index contributed by atoms with van der Waals surface area (Å²) in [6, 6.07) is 13.9. The molecule has 0 saturated heterocycles. The maximum atomic E-state index is 13.0. The third-order valence-corrected chi connectivity index (χ3v) is 3.01. The Balaban J connectivity index is 1.84. The average Bonchev–Trinajstić information content (AvgIpc) is 2.58. The molecule has 1 N–H and O–H groups in total. The Kier molecular flexibility index (Phi) is 5.42. The lowest BCUT2D eigenvalue weighted by atomic mass is 10.1. The molecule has 0 atom stereocenters. The van der Waals surface area contributed by atoms with Gasteiger partial charge in [-0.25, -0.2) is 4.39 Å². The standard InChI is InChI=1S/C17H13FN2O3/c18-15-7-3-6-12(8-15)17(22)20-10-16(21)23-11-14-5-2-1-4-13(14)9-19/h1-8H,10-11H2,(H,20,22). The number of benzene rings is 2. The van der Waals surface area contributed by atoms with Gasteiger partial charge in [-0.2, -0.15) is 5.26 Å². The van der Waals surface area contributed by atoms with Crippen molar-refractivity contribution in [1.29, 1.82) is 5.26 Å². The van der Waals surface area contributed by atoms with E-state index in [1.54, 1.807) is 24.3 Å². The van der Waals surface area contributed by atoms with Gasteiger partial charge in [0.1, 0.15) is 19.0 Å². The molecular formula is C17H13FN2O3. The smallest absolute Gasteiger partial charge is 0.325 e. The number of halogens is 1. The van der Waals surface area contributed by atoms with E-state index in [1.165, 1.54) is 18.2 Å². The van der Waals surface area contributed by atoms with Gasteiger partial charge in [0.15, 0.2) is 0 Å². The maximum Gasteiger partial charge on any atom is 0.325 e. The molecule has 2 aromatic rings. The summed E-state index contributed by atoms with van der Waals surface area (Å²) in [6.07, 6.45) is 0. The highest BCUT2D eigenvalue weighted by Gasteiger charge is 2.10. The molecule has 23 heavy (non-hydrogen) atoms. The van der Waals surface area contributed by atoms with Crippen molar-refractivity contribution in [2.24, 2.45) is 0 Å². The van der Waals surface area contributed by atoms with Crippen LogP contribution in [0.15, 0.2) is 48.5 Å². The molecule has 0 aliphatic heterocycles. The van der Waals surface area contributed by atoms with Crippen molar-refractivity contribution in [3.05, 3.63) is 71.0 Å². The Hall–Kier alpha value is -3.20. The van der Waals surface area contributed by atoms with Gasteiger partial charge in [0.2, 0.25) is 0 Å². The van der Waals surface area contributed by atoms with E-state index in [1.807, 2.05) is 6.07 Å². The Labute approximate surface area is 132 Å². The van der Waals surface area contributed by atoms with Crippen molar-refractivity contribution in [1.82, 2.24) is 5.32 Å². The topological polar surface area (TPSA) is 79.2 Å². The molecule has 0 aliphatic carbocycles. The third kappa shape index (κ3) is 4.64. The first kappa shape index (κ1) is 16.2. The van der Waals surface area contributed by atoms with Crippen molar-refractivity contribution in [2.75, 3.05) is 6.54 Å². The highest BCUT2D eigenvalue weighted by atomic mass is 19.1. The number of amides is 1. The van der Waals surface area contributed by atoms with Crippen molar-refractivity contribution in [3.8, 4) is 6.07 Å². The molecule has 0 aromatic heterocycles. The molecule has 5 nitrogen and oxygen atoms in total. The lowest BCUT2D eigenvalue weighted by Gasteiger charge is -2.07. The molecular weight excluding hydrogens is 299 g/mol. The van der Waals surface area contributed by atoms with Crippen molar-refractivity contribution in [2.45, 2.75) is 6.61 Å². The molecule has 1 amide bonds. The van der Waals surface area contributed by atoms with E-state index >= 15 is 0 Å². The molecule has 0 saturated carbocycles. The Morgan fingerprint density at radius 1 is 1.17 bits per heavy atom. The van der Waals surface area contributed by atoms with Gasteiger partial charge in [-0.3, -0.25) is 9.59 Å². The van der Waals surface area contributed by atoms with E-state index in [2.05, 4.69) is 5.32 Å². The van der Waals surface area contributed by atoms with Crippen LogP contribution in [0.2, 0.25) is 0 Å². The number of carbonyl (C=O) groups is 2. The lowest BCUT2D eigenvalue weighted by molar-refractivity contribution is -0.143. The quantitative estimate of drug-likeness (QED) is 0.858. The summed E-state index contributed by atoms with van der Waals surface area (Å²) >= 11 is 0. The van der Waals surface area contributed by atoms with Gasteiger partial charge < -0.3 is 10.1 Å². The number of ether oxygens (including phenoxy) is 1. The fourth-order valence-corrected chi connectivity index (χ4v) is 1.85. The van der Waals surface area contributed by atoms with Crippen LogP contribution in [0.1, 0.15) is 21.5 Å². The highest BCUT2D eigenvalue weighted by molar-refractivity contribution is 5.95. The normalized spacial score (nSPS) is 9.74. The first-order chi connectivity index (χ1) is 11.1. The van der Waals surface area contributed by atoms with Crippen LogP contribution in [0.4, 0.5) is 4.39 Å². The Morgan fingerprint density at radius 2 is 1.96 bits per heavy atom. The van der Waals surface area contributed by atoms with Crippen LogP contribution < -0.4 is 5.32 Å². The second-order valence-electron chi connectivity index (χ2n) is 4.62. The molecule has 0 spiro atoms. The van der Waals surface area contributed by atoms with Crippen LogP contribution in [0.5, 0.6) is 0 Å². The molecule has 0 heterocycles. The van der Waals surface area contributed by atoms with Crippen LogP contribution in [-0.2, 0) is 16.1 Å². The SMILES string of the molecule is N#Cc1ccccc1COC(=O)CNC(=O)c1cccc(F)c1. The van der Waals surface area contributed by atoms with Crippen LogP contribution in [0.3, 0.4) is 0 Å². The second kappa shape index (κ2) is 7.71. The van der Waals surface area contributed by atoms with Crippen LogP contribution in [0.25, 0.3) is 0 Å². The molecule has 2 aromatic carbocycles. The predicted molar refractivity (Wildman–Crippen MR) is 79.7 cm³/mol. The molecule has 116 valence electrons. The van der Waals surface area contributed by atoms with E-state index in [-0.39, 0.29) is 18.7 Å². The number of nitrogens with one attached hydrogen (secondary N) is 1. The van der Waals surface area contributed by atoms with Gasteiger partial charge in [0.05, 0.1) is 11.6 Å². The summed E-state index contributed by atoms with van der Waals surface area (Å²) in [5, 5.41) is 11.3. The Morgan fingerprint density at radius 3 is 2.70 bits per heavy atom. The van der Waals surface area contributed by atoms with E-state index in [9.17, 15) is 14.0 Å². The molecule has 0 aliphatic rings. The second-order valence-corrected chi connectivity index (χ2v) is 4.62. The van der Waals surface area contributed by atoms with Gasteiger partial charge in [0, 0.05) is 11.1 Å². The largest absolute Gasteiger partial charge is 0.459 e. The minimum atomic E-state index is -0.650. The highest BCUT2D eigenvalue weighted by Crippen LogP contribution is 2.08. The number of hydrogen-bond donors (Lipinski definition) is 1. The number of nitriles is 1. The van der Waals surface area contributed by atoms with Crippen molar-refractivity contribution < 1.29 is 18.7 Å². The summed E-state index contributed by atoms with van der Waals surface area (Å²) in [6.45, 7) is -0.400. The van der Waals surface area contributed by atoms with Crippen LogP contribution in [-0.4, -0.2) is 18.4 Å². The minimum absolute atomic E-state index is 0.0571. The lowest BCUT2D eigenvalue weighted by Crippen LogP contribution is -2.30. The van der Waals surface area contributed by atoms with Crippen molar-refractivity contribution in [3.63, 3.8) is 0 Å². The summed E-state index contributed by atoms with van der Waals surface area (Å²) in [5.41, 5.74) is 1.12. The van der Waals surface area contributed by atoms with Gasteiger partial charge in [-0.05, 0) is 24.3 Å². The Bertz CT molecular complexity index is 768. The average molecular weight is 312 g/mol. The van der Waals surface area contributed by atoms with E-state index in [0.29, 0.717) is 11.1 Å². The zero-order valence-corrected chi connectivity index (χ0v) is 12.1. The fraction of sp³-hybridized carbons (Fsp3) is 0.118. The maximum absolute atomic E-state index is 13.0. The molecule has 0 radical (unpaired) electrons. The summed E-state index contributed by atoms with van der Waals surface area (Å²) in [4.78, 5) is 23.4. The molecule has 6 heteroatoms. The van der Waals surface area contributed by atoms with Crippen LogP contribution >= 0.6 is 0 Å². The van der Waals surface area contributed by atoms with Gasteiger partial charge in [-0.1, -0.05) is 24.3 Å². The van der Waals surface area contributed by atoms with Gasteiger partial charge in [-0.15, -0.1) is 0 Å². The summed E-state index contributed by atoms with van der Waals surface area (Å²) in [7, 11) is 0. The van der Waals surface area contributed by atoms with E-state index < -0.39 is 17.7 Å². The number of nitrogens with zero attached hydrogens (tertiary/aromatic N) is 1. The summed E-state index contributed by atoms with van der Waals surface area (Å²) in [5.74, 6) is -1.75. The third-order valence-electron chi connectivity index (χ3n) is 3.01. The van der Waals surface area contributed by atoms with E-state index in [4.69, 9.17) is 10.00 Å². The molecule has 0 bridgehead atoms. The van der Waals surface area contributed by atoms with Gasteiger partial charge in [0.25, 0.3) is 5.91 Å². The zero-order chi connectivity index (χ0) is 16.7. The summed E-state index contributed by atoms with van der Waals surface area (Å²) < 4.78 is 18.0. The molecule has 2 rings (SSSR count). The minimum Gasteiger partial charge on any atom is -0.459 e. The fourth-order valence-electron chi connectivity index (χ4n) is 1.85. The number of hydrogen-bond acceptors (Lipinski definition) is 4. The number of esters is 1. The molecule has 0 fully saturated rings. The number of carbonyl (C=O) groups excluding carboxylic acids is 2. The first-order valence-corrected chi connectivity index (χ1v) is 6.77. The van der Waals surface area contributed by atoms with Crippen molar-refractivity contribution >= 4 is 11.9 Å². The first-order valence-electron chi connectivity index (χ1n) is 6.77. The number of rotatable bonds is 5. The zero-order valence-electron chi connectivity index (χ0n) is 12.1. The molecule has 0 unspecified atom stereocenters. The van der Waals surface area contributed by atoms with Crippen LogP contribution in [0, 0.1) is 17.1 Å². The van der Waals surface area contributed by atoms with Gasteiger partial charge >= 0.3 is 5.97 Å².